The van der Waals surface area contributed by atoms with Gasteiger partial charge < -0.3 is 5.32 Å². The Balaban J connectivity index is 1.52. The lowest BCUT2D eigenvalue weighted by Crippen LogP contribution is -2.41. The van der Waals surface area contributed by atoms with Crippen LogP contribution in [0.3, 0.4) is 0 Å². The molecule has 1 N–H and O–H groups in total. The number of aromatic nitrogens is 1. The van der Waals surface area contributed by atoms with E-state index in [-0.39, 0.29) is 0 Å². The number of aryl methyl sites for hydroxylation is 1. The van der Waals surface area contributed by atoms with Crippen molar-refractivity contribution in [1.82, 2.24) is 10.3 Å². The second-order valence-corrected chi connectivity index (χ2v) is 5.94. The second-order valence-electron chi connectivity index (χ2n) is 5.94. The van der Waals surface area contributed by atoms with E-state index in [2.05, 4.69) is 60.5 Å². The molecule has 1 aromatic heterocycles. The standard InChI is InChI=1S/C18H22N2/c1-13-3-5-16(6-4-13)17-11-18(12-17)20-14(2)15-7-9-19-10-8-15/h3-10,14,17-18,20H,11-12H2,1-2H3. The van der Waals surface area contributed by atoms with E-state index < -0.39 is 0 Å². The molecule has 0 radical (unpaired) electrons. The van der Waals surface area contributed by atoms with Gasteiger partial charge in [-0.05, 0) is 55.9 Å². The molecular weight excluding hydrogens is 244 g/mol. The molecule has 2 aromatic rings. The zero-order chi connectivity index (χ0) is 13.9. The number of rotatable bonds is 4. The zero-order valence-corrected chi connectivity index (χ0v) is 12.2. The highest BCUT2D eigenvalue weighted by molar-refractivity contribution is 5.27. The van der Waals surface area contributed by atoms with E-state index in [9.17, 15) is 0 Å². The minimum atomic E-state index is 0.405. The molecule has 1 heterocycles. The predicted octanol–water partition coefficient (Wildman–Crippen LogP) is 3.99. The summed E-state index contributed by atoms with van der Waals surface area (Å²) in [5.74, 6) is 0.734. The maximum absolute atomic E-state index is 4.07. The smallest absolute Gasteiger partial charge is 0.0295 e. The van der Waals surface area contributed by atoms with Crippen molar-refractivity contribution in [2.45, 2.75) is 44.7 Å². The van der Waals surface area contributed by atoms with Crippen LogP contribution in [-0.2, 0) is 0 Å². The third-order valence-corrected chi connectivity index (χ3v) is 4.38. The van der Waals surface area contributed by atoms with E-state index >= 15 is 0 Å². The van der Waals surface area contributed by atoms with Crippen LogP contribution < -0.4 is 5.32 Å². The van der Waals surface area contributed by atoms with E-state index in [0.29, 0.717) is 12.1 Å². The number of nitrogens with one attached hydrogen (secondary N) is 1. The second kappa shape index (κ2) is 5.76. The molecule has 2 nitrogen and oxygen atoms in total. The van der Waals surface area contributed by atoms with E-state index in [1.165, 1.54) is 29.5 Å². The first-order valence-corrected chi connectivity index (χ1v) is 7.45. The number of pyridine rings is 1. The summed E-state index contributed by atoms with van der Waals surface area (Å²) < 4.78 is 0. The summed E-state index contributed by atoms with van der Waals surface area (Å²) in [5.41, 5.74) is 4.15. The molecule has 1 aromatic carbocycles. The summed E-state index contributed by atoms with van der Waals surface area (Å²) in [4.78, 5) is 4.07. The molecule has 2 heteroatoms. The van der Waals surface area contributed by atoms with Crippen LogP contribution in [0.4, 0.5) is 0 Å². The molecule has 0 bridgehead atoms. The minimum absolute atomic E-state index is 0.405. The van der Waals surface area contributed by atoms with Crippen LogP contribution >= 0.6 is 0 Å². The zero-order valence-electron chi connectivity index (χ0n) is 12.2. The number of hydrogen-bond donors (Lipinski definition) is 1. The van der Waals surface area contributed by atoms with Gasteiger partial charge in [-0.3, -0.25) is 4.98 Å². The molecule has 1 aliphatic carbocycles. The summed E-state index contributed by atoms with van der Waals surface area (Å²) in [5, 5.41) is 3.72. The van der Waals surface area contributed by atoms with Gasteiger partial charge >= 0.3 is 0 Å². The molecule has 0 saturated heterocycles. The lowest BCUT2D eigenvalue weighted by atomic mass is 9.75. The molecule has 0 aliphatic heterocycles. The molecule has 0 spiro atoms. The molecule has 1 saturated carbocycles. The maximum atomic E-state index is 4.07. The van der Waals surface area contributed by atoms with Crippen LogP contribution in [-0.4, -0.2) is 11.0 Å². The van der Waals surface area contributed by atoms with Gasteiger partial charge in [0.15, 0.2) is 0 Å². The van der Waals surface area contributed by atoms with Crippen LogP contribution in [0.25, 0.3) is 0 Å². The first-order chi connectivity index (χ1) is 9.72. The highest BCUT2D eigenvalue weighted by Gasteiger charge is 2.30. The van der Waals surface area contributed by atoms with Gasteiger partial charge in [0.05, 0.1) is 0 Å². The third-order valence-electron chi connectivity index (χ3n) is 4.38. The summed E-state index contributed by atoms with van der Waals surface area (Å²) in [7, 11) is 0. The third kappa shape index (κ3) is 2.91. The SMILES string of the molecule is Cc1ccc(C2CC(NC(C)c3ccncc3)C2)cc1. The van der Waals surface area contributed by atoms with Gasteiger partial charge in [0, 0.05) is 24.5 Å². The van der Waals surface area contributed by atoms with E-state index in [0.717, 1.165) is 5.92 Å². The van der Waals surface area contributed by atoms with Crippen molar-refractivity contribution >= 4 is 0 Å². The van der Waals surface area contributed by atoms with Crippen LogP contribution in [0.1, 0.15) is 48.4 Å². The number of hydrogen-bond acceptors (Lipinski definition) is 2. The quantitative estimate of drug-likeness (QED) is 0.905. The van der Waals surface area contributed by atoms with Crippen molar-refractivity contribution in [1.29, 1.82) is 0 Å². The average molecular weight is 266 g/mol. The Morgan fingerprint density at radius 2 is 1.70 bits per heavy atom. The minimum Gasteiger partial charge on any atom is -0.307 e. The fraction of sp³-hybridized carbons (Fsp3) is 0.389. The van der Waals surface area contributed by atoms with Crippen molar-refractivity contribution in [3.8, 4) is 0 Å². The molecular formula is C18H22N2. The molecule has 1 aliphatic rings. The molecule has 0 amide bonds. The van der Waals surface area contributed by atoms with Gasteiger partial charge in [-0.1, -0.05) is 29.8 Å². The van der Waals surface area contributed by atoms with Crippen LogP contribution in [0.2, 0.25) is 0 Å². The largest absolute Gasteiger partial charge is 0.307 e. The highest BCUT2D eigenvalue weighted by atomic mass is 15.0. The Morgan fingerprint density at radius 1 is 1.05 bits per heavy atom. The Bertz CT molecular complexity index is 541. The number of nitrogens with zero attached hydrogens (tertiary/aromatic N) is 1. The Morgan fingerprint density at radius 3 is 2.35 bits per heavy atom. The Hall–Kier alpha value is -1.67. The first-order valence-electron chi connectivity index (χ1n) is 7.45. The van der Waals surface area contributed by atoms with Gasteiger partial charge in [0.25, 0.3) is 0 Å². The van der Waals surface area contributed by atoms with E-state index in [1.807, 2.05) is 12.4 Å². The van der Waals surface area contributed by atoms with Gasteiger partial charge in [-0.25, -0.2) is 0 Å². The van der Waals surface area contributed by atoms with E-state index in [4.69, 9.17) is 0 Å². The van der Waals surface area contributed by atoms with E-state index in [1.54, 1.807) is 0 Å². The highest BCUT2D eigenvalue weighted by Crippen LogP contribution is 2.37. The fourth-order valence-electron chi connectivity index (χ4n) is 2.97. The monoisotopic (exact) mass is 266 g/mol. The van der Waals surface area contributed by atoms with Gasteiger partial charge in [0.2, 0.25) is 0 Å². The van der Waals surface area contributed by atoms with Crippen LogP contribution in [0.15, 0.2) is 48.8 Å². The Kier molecular flexibility index (Phi) is 3.83. The summed E-state index contributed by atoms with van der Waals surface area (Å²) in [6.45, 7) is 4.37. The summed E-state index contributed by atoms with van der Waals surface area (Å²) >= 11 is 0. The van der Waals surface area contributed by atoms with Crippen molar-refractivity contribution in [3.63, 3.8) is 0 Å². The molecule has 3 rings (SSSR count). The molecule has 1 atom stereocenters. The van der Waals surface area contributed by atoms with Gasteiger partial charge in [-0.2, -0.15) is 0 Å². The lowest BCUT2D eigenvalue weighted by Gasteiger charge is -2.38. The number of benzene rings is 1. The summed E-state index contributed by atoms with van der Waals surface area (Å²) in [6.07, 6.45) is 6.23. The maximum Gasteiger partial charge on any atom is 0.0295 e. The van der Waals surface area contributed by atoms with Crippen molar-refractivity contribution in [2.24, 2.45) is 0 Å². The van der Waals surface area contributed by atoms with Crippen LogP contribution in [0, 0.1) is 6.92 Å². The van der Waals surface area contributed by atoms with Crippen molar-refractivity contribution < 1.29 is 0 Å². The first kappa shape index (κ1) is 13.3. The fourth-order valence-corrected chi connectivity index (χ4v) is 2.97. The van der Waals surface area contributed by atoms with Crippen LogP contribution in [0.5, 0.6) is 0 Å². The molecule has 1 fully saturated rings. The summed E-state index contributed by atoms with van der Waals surface area (Å²) in [6, 6.07) is 14.2. The molecule has 1 unspecified atom stereocenters. The van der Waals surface area contributed by atoms with Crippen molar-refractivity contribution in [3.05, 3.63) is 65.5 Å². The van der Waals surface area contributed by atoms with Gasteiger partial charge in [0.1, 0.15) is 0 Å². The van der Waals surface area contributed by atoms with Crippen molar-refractivity contribution in [2.75, 3.05) is 0 Å². The topological polar surface area (TPSA) is 24.9 Å². The van der Waals surface area contributed by atoms with Gasteiger partial charge in [-0.15, -0.1) is 0 Å². The lowest BCUT2D eigenvalue weighted by molar-refractivity contribution is 0.271. The molecule has 104 valence electrons. The predicted molar refractivity (Wildman–Crippen MR) is 82.7 cm³/mol. The average Bonchev–Trinajstić information content (AvgIpc) is 2.44. The Labute approximate surface area is 121 Å². The molecule has 20 heavy (non-hydrogen) atoms. The normalized spacial score (nSPS) is 23.1.